The van der Waals surface area contributed by atoms with Gasteiger partial charge in [0.1, 0.15) is 0 Å². The highest BCUT2D eigenvalue weighted by Gasteiger charge is 2.17. The molecule has 3 heteroatoms. The van der Waals surface area contributed by atoms with Crippen LogP contribution in [0.25, 0.3) is 0 Å². The van der Waals surface area contributed by atoms with Crippen LogP contribution in [0.15, 0.2) is 24.3 Å². The van der Waals surface area contributed by atoms with Gasteiger partial charge in [0.2, 0.25) is 0 Å². The average Bonchev–Trinajstić information content (AvgIpc) is 2.02. The fourth-order valence-electron chi connectivity index (χ4n) is 1.40. The van der Waals surface area contributed by atoms with E-state index in [1.807, 2.05) is 18.2 Å². The van der Waals surface area contributed by atoms with Crippen molar-refractivity contribution in [3.8, 4) is 6.07 Å². The van der Waals surface area contributed by atoms with E-state index < -0.39 is 0 Å². The Morgan fingerprint density at radius 2 is 2.23 bits per heavy atom. The molecule has 1 heterocycles. The molecule has 68 valence electrons. The molecule has 0 saturated carbocycles. The summed E-state index contributed by atoms with van der Waals surface area (Å²) in [5.41, 5.74) is 1.99. The van der Waals surface area contributed by atoms with E-state index in [0.29, 0.717) is 6.04 Å². The molecule has 13 heavy (non-hydrogen) atoms. The first-order valence-electron chi connectivity index (χ1n) is 4.13. The lowest BCUT2D eigenvalue weighted by Gasteiger charge is -2.27. The van der Waals surface area contributed by atoms with Gasteiger partial charge in [-0.15, -0.1) is 12.4 Å². The second-order valence-corrected chi connectivity index (χ2v) is 3.03. The monoisotopic (exact) mass is 194 g/mol. The molecule has 1 atom stereocenters. The topological polar surface area (TPSA) is 35.8 Å². The minimum Gasteiger partial charge on any atom is -0.310 e. The van der Waals surface area contributed by atoms with Crippen LogP contribution in [0.1, 0.15) is 23.6 Å². The van der Waals surface area contributed by atoms with Crippen LogP contribution in [0.4, 0.5) is 0 Å². The Labute approximate surface area is 84.0 Å². The maximum absolute atomic E-state index is 8.66. The highest BCUT2D eigenvalue weighted by Crippen LogP contribution is 2.22. The van der Waals surface area contributed by atoms with Crippen molar-refractivity contribution >= 4 is 12.4 Å². The summed E-state index contributed by atoms with van der Waals surface area (Å²) < 4.78 is 0. The van der Waals surface area contributed by atoms with Crippen LogP contribution in [-0.2, 0) is 0 Å². The first-order valence-corrected chi connectivity index (χ1v) is 4.13. The molecular formula is C10H11ClN2. The van der Waals surface area contributed by atoms with Crippen LogP contribution >= 0.6 is 12.4 Å². The van der Waals surface area contributed by atoms with Gasteiger partial charge in [0.25, 0.3) is 0 Å². The van der Waals surface area contributed by atoms with E-state index in [9.17, 15) is 0 Å². The number of rotatable bonds is 1. The molecule has 2 rings (SSSR count). The van der Waals surface area contributed by atoms with Gasteiger partial charge in [0, 0.05) is 6.04 Å². The zero-order chi connectivity index (χ0) is 8.39. The maximum atomic E-state index is 8.66. The molecule has 0 unspecified atom stereocenters. The fraction of sp³-hybridized carbons (Fsp3) is 0.300. The van der Waals surface area contributed by atoms with Gasteiger partial charge in [-0.3, -0.25) is 0 Å². The Balaban J connectivity index is 0.000000845. The number of benzene rings is 1. The third-order valence-corrected chi connectivity index (χ3v) is 2.24. The van der Waals surface area contributed by atoms with Crippen LogP contribution in [0.5, 0.6) is 0 Å². The minimum atomic E-state index is 0. The van der Waals surface area contributed by atoms with E-state index in [2.05, 4.69) is 17.5 Å². The molecule has 2 nitrogen and oxygen atoms in total. The molecule has 1 aromatic carbocycles. The summed E-state index contributed by atoms with van der Waals surface area (Å²) in [5.74, 6) is 0. The van der Waals surface area contributed by atoms with Gasteiger partial charge in [-0.1, -0.05) is 12.1 Å². The normalized spacial score (nSPS) is 19.5. The number of nitrogens with one attached hydrogen (secondary N) is 1. The lowest BCUT2D eigenvalue weighted by atomic mass is 9.97. The van der Waals surface area contributed by atoms with Crippen LogP contribution in [0.2, 0.25) is 0 Å². The zero-order valence-corrected chi connectivity index (χ0v) is 7.97. The SMILES string of the molecule is Cl.N#Cc1cccc([C@H]2CCN2)c1. The number of hydrogen-bond donors (Lipinski definition) is 1. The summed E-state index contributed by atoms with van der Waals surface area (Å²) in [6.45, 7) is 1.10. The molecule has 0 aromatic heterocycles. The standard InChI is InChI=1S/C10H10N2.ClH/c11-7-8-2-1-3-9(6-8)10-4-5-12-10;/h1-3,6,10,12H,4-5H2;1H/t10-;/m1./s1. The number of halogens is 1. The summed E-state index contributed by atoms with van der Waals surface area (Å²) >= 11 is 0. The third-order valence-electron chi connectivity index (χ3n) is 2.24. The molecule has 0 aliphatic carbocycles. The largest absolute Gasteiger partial charge is 0.310 e. The number of nitrogens with zero attached hydrogens (tertiary/aromatic N) is 1. The van der Waals surface area contributed by atoms with Crippen molar-refractivity contribution in [2.75, 3.05) is 6.54 Å². The van der Waals surface area contributed by atoms with Gasteiger partial charge in [0.15, 0.2) is 0 Å². The van der Waals surface area contributed by atoms with Crippen molar-refractivity contribution in [3.05, 3.63) is 35.4 Å². The van der Waals surface area contributed by atoms with Gasteiger partial charge in [-0.25, -0.2) is 0 Å². The molecule has 1 fully saturated rings. The Bertz CT molecular complexity index is 326. The van der Waals surface area contributed by atoms with Crippen molar-refractivity contribution in [3.63, 3.8) is 0 Å². The highest BCUT2D eigenvalue weighted by atomic mass is 35.5. The molecule has 1 N–H and O–H groups in total. The van der Waals surface area contributed by atoms with Gasteiger partial charge in [-0.05, 0) is 30.7 Å². The summed E-state index contributed by atoms with van der Waals surface area (Å²) in [6.07, 6.45) is 1.19. The molecule has 0 spiro atoms. The van der Waals surface area contributed by atoms with Crippen LogP contribution in [-0.4, -0.2) is 6.54 Å². The van der Waals surface area contributed by atoms with E-state index in [0.717, 1.165) is 12.1 Å². The van der Waals surface area contributed by atoms with E-state index in [1.165, 1.54) is 12.0 Å². The molecule has 0 bridgehead atoms. The van der Waals surface area contributed by atoms with Crippen LogP contribution < -0.4 is 5.32 Å². The van der Waals surface area contributed by atoms with E-state index in [4.69, 9.17) is 5.26 Å². The van der Waals surface area contributed by atoms with Gasteiger partial charge in [-0.2, -0.15) is 5.26 Å². The molecule has 1 aliphatic heterocycles. The second-order valence-electron chi connectivity index (χ2n) is 3.03. The summed E-state index contributed by atoms with van der Waals surface area (Å²) in [6, 6.07) is 10.4. The van der Waals surface area contributed by atoms with E-state index in [1.54, 1.807) is 0 Å². The number of hydrogen-bond acceptors (Lipinski definition) is 2. The molecule has 1 saturated heterocycles. The first-order chi connectivity index (χ1) is 5.90. The summed E-state index contributed by atoms with van der Waals surface area (Å²) in [7, 11) is 0. The first kappa shape index (κ1) is 10.0. The van der Waals surface area contributed by atoms with Gasteiger partial charge >= 0.3 is 0 Å². The highest BCUT2D eigenvalue weighted by molar-refractivity contribution is 5.85. The lowest BCUT2D eigenvalue weighted by Crippen LogP contribution is -2.34. The maximum Gasteiger partial charge on any atom is 0.0991 e. The van der Waals surface area contributed by atoms with E-state index >= 15 is 0 Å². The predicted octanol–water partition coefficient (Wildman–Crippen LogP) is 2.01. The molecular weight excluding hydrogens is 184 g/mol. The fourth-order valence-corrected chi connectivity index (χ4v) is 1.40. The van der Waals surface area contributed by atoms with Crippen molar-refractivity contribution in [2.24, 2.45) is 0 Å². The van der Waals surface area contributed by atoms with Crippen LogP contribution in [0, 0.1) is 11.3 Å². The third kappa shape index (κ3) is 2.00. The number of nitriles is 1. The summed E-state index contributed by atoms with van der Waals surface area (Å²) in [5, 5.41) is 12.0. The summed E-state index contributed by atoms with van der Waals surface area (Å²) in [4.78, 5) is 0. The van der Waals surface area contributed by atoms with Crippen LogP contribution in [0.3, 0.4) is 0 Å². The second kappa shape index (κ2) is 4.27. The van der Waals surface area contributed by atoms with E-state index in [-0.39, 0.29) is 12.4 Å². The Morgan fingerprint density at radius 3 is 2.77 bits per heavy atom. The predicted molar refractivity (Wildman–Crippen MR) is 53.8 cm³/mol. The van der Waals surface area contributed by atoms with Crippen molar-refractivity contribution in [1.82, 2.24) is 5.32 Å². The molecule has 0 radical (unpaired) electrons. The molecule has 1 aromatic rings. The van der Waals surface area contributed by atoms with Crippen molar-refractivity contribution in [1.29, 1.82) is 5.26 Å². The van der Waals surface area contributed by atoms with Gasteiger partial charge < -0.3 is 5.32 Å². The smallest absolute Gasteiger partial charge is 0.0991 e. The minimum absolute atomic E-state index is 0. The van der Waals surface area contributed by atoms with Crippen molar-refractivity contribution < 1.29 is 0 Å². The van der Waals surface area contributed by atoms with Crippen molar-refractivity contribution in [2.45, 2.75) is 12.5 Å². The Morgan fingerprint density at radius 1 is 1.46 bits per heavy atom. The van der Waals surface area contributed by atoms with Gasteiger partial charge in [0.05, 0.1) is 11.6 Å². The molecule has 1 aliphatic rings. The average molecular weight is 195 g/mol. The lowest BCUT2D eigenvalue weighted by molar-refractivity contribution is 0.383. The zero-order valence-electron chi connectivity index (χ0n) is 7.16. The quantitative estimate of drug-likeness (QED) is 0.743. The Hall–Kier alpha value is -1.04. The Kier molecular flexibility index (Phi) is 3.30. The molecule has 0 amide bonds.